The van der Waals surface area contributed by atoms with Crippen molar-refractivity contribution < 1.29 is 4.39 Å². The topological polar surface area (TPSA) is 38.9 Å². The summed E-state index contributed by atoms with van der Waals surface area (Å²) in [5.41, 5.74) is 8.47. The van der Waals surface area contributed by atoms with Gasteiger partial charge in [-0.25, -0.2) is 4.39 Å². The Bertz CT molecular complexity index is 802. The number of pyridine rings is 1. The largest absolute Gasteiger partial charge is 0.330 e. The first-order chi connectivity index (χ1) is 10.2. The zero-order valence-electron chi connectivity index (χ0n) is 11.3. The number of nitrogens with two attached hydrogens (primary N) is 1. The minimum atomic E-state index is -0.266. The summed E-state index contributed by atoms with van der Waals surface area (Å²) in [6, 6.07) is 10.3. The van der Waals surface area contributed by atoms with E-state index in [1.807, 2.05) is 18.2 Å². The van der Waals surface area contributed by atoms with E-state index in [9.17, 15) is 4.39 Å². The van der Waals surface area contributed by atoms with Crippen molar-refractivity contribution in [1.29, 1.82) is 0 Å². The number of benzene rings is 2. The molecule has 0 amide bonds. The zero-order chi connectivity index (χ0) is 14.8. The van der Waals surface area contributed by atoms with Gasteiger partial charge in [0.15, 0.2) is 0 Å². The van der Waals surface area contributed by atoms with E-state index in [4.69, 9.17) is 17.3 Å². The molecular weight excluding hydrogens is 287 g/mol. The van der Waals surface area contributed by atoms with Gasteiger partial charge in [0.2, 0.25) is 0 Å². The molecule has 0 saturated heterocycles. The second-order valence-electron chi connectivity index (χ2n) is 4.86. The number of nitrogens with zero attached hydrogens (tertiary/aromatic N) is 1. The third-order valence-electron chi connectivity index (χ3n) is 3.50. The fourth-order valence-corrected chi connectivity index (χ4v) is 2.91. The molecule has 1 heterocycles. The summed E-state index contributed by atoms with van der Waals surface area (Å²) in [5.74, 6) is -0.266. The molecule has 0 saturated carbocycles. The predicted octanol–water partition coefficient (Wildman–Crippen LogP) is 4.20. The highest BCUT2D eigenvalue weighted by Crippen LogP contribution is 2.36. The van der Waals surface area contributed by atoms with E-state index >= 15 is 0 Å². The van der Waals surface area contributed by atoms with Crippen molar-refractivity contribution >= 4 is 22.4 Å². The Kier molecular flexibility index (Phi) is 3.86. The van der Waals surface area contributed by atoms with Gasteiger partial charge < -0.3 is 5.73 Å². The van der Waals surface area contributed by atoms with Crippen molar-refractivity contribution in [3.8, 4) is 11.1 Å². The van der Waals surface area contributed by atoms with E-state index in [1.54, 1.807) is 18.5 Å². The Morgan fingerprint density at radius 3 is 2.76 bits per heavy atom. The Morgan fingerprint density at radius 2 is 2.00 bits per heavy atom. The van der Waals surface area contributed by atoms with Crippen LogP contribution in [0.25, 0.3) is 21.9 Å². The normalized spacial score (nSPS) is 11.0. The molecule has 0 aliphatic heterocycles. The highest BCUT2D eigenvalue weighted by Gasteiger charge is 2.13. The number of hydrogen-bond donors (Lipinski definition) is 1. The maximum absolute atomic E-state index is 13.6. The molecule has 106 valence electrons. The minimum absolute atomic E-state index is 0.266. The van der Waals surface area contributed by atoms with Gasteiger partial charge in [-0.1, -0.05) is 23.7 Å². The first kappa shape index (κ1) is 14.0. The molecule has 0 radical (unpaired) electrons. The average Bonchev–Trinajstić information content (AvgIpc) is 2.48. The van der Waals surface area contributed by atoms with E-state index in [0.29, 0.717) is 18.0 Å². The Labute approximate surface area is 127 Å². The maximum atomic E-state index is 13.6. The van der Waals surface area contributed by atoms with E-state index in [-0.39, 0.29) is 5.82 Å². The second-order valence-corrected chi connectivity index (χ2v) is 5.27. The molecule has 2 nitrogen and oxygen atoms in total. The van der Waals surface area contributed by atoms with Crippen molar-refractivity contribution in [2.75, 3.05) is 6.54 Å². The van der Waals surface area contributed by atoms with E-state index in [1.165, 1.54) is 12.1 Å². The van der Waals surface area contributed by atoms with Gasteiger partial charge in [-0.15, -0.1) is 0 Å². The van der Waals surface area contributed by atoms with E-state index in [0.717, 1.165) is 27.5 Å². The fraction of sp³-hybridized carbons (Fsp3) is 0.118. The second kappa shape index (κ2) is 5.80. The first-order valence-electron chi connectivity index (χ1n) is 6.72. The lowest BCUT2D eigenvalue weighted by Crippen LogP contribution is -2.04. The van der Waals surface area contributed by atoms with Crippen LogP contribution in [0.5, 0.6) is 0 Å². The summed E-state index contributed by atoms with van der Waals surface area (Å²) in [5, 5.41) is 2.49. The van der Waals surface area contributed by atoms with Crippen LogP contribution in [0, 0.1) is 5.82 Å². The van der Waals surface area contributed by atoms with E-state index < -0.39 is 0 Å². The van der Waals surface area contributed by atoms with Crippen LogP contribution in [0.1, 0.15) is 5.56 Å². The molecule has 0 fully saturated rings. The third-order valence-corrected chi connectivity index (χ3v) is 3.81. The lowest BCUT2D eigenvalue weighted by molar-refractivity contribution is 0.628. The van der Waals surface area contributed by atoms with Crippen LogP contribution in [0.15, 0.2) is 48.8 Å². The molecule has 0 atom stereocenters. The molecule has 2 aromatic carbocycles. The molecule has 0 aliphatic carbocycles. The van der Waals surface area contributed by atoms with Gasteiger partial charge in [0.1, 0.15) is 5.82 Å². The van der Waals surface area contributed by atoms with Crippen molar-refractivity contribution in [2.24, 2.45) is 5.73 Å². The van der Waals surface area contributed by atoms with Gasteiger partial charge in [0, 0.05) is 28.2 Å². The van der Waals surface area contributed by atoms with Gasteiger partial charge in [-0.3, -0.25) is 4.98 Å². The Balaban J connectivity index is 2.37. The first-order valence-corrected chi connectivity index (χ1v) is 7.09. The number of hydrogen-bond acceptors (Lipinski definition) is 2. The summed E-state index contributed by atoms with van der Waals surface area (Å²) in [6.45, 7) is 0.504. The maximum Gasteiger partial charge on any atom is 0.123 e. The molecule has 4 heteroatoms. The molecule has 0 bridgehead atoms. The number of rotatable bonds is 3. The highest BCUT2D eigenvalue weighted by molar-refractivity contribution is 6.36. The standard InChI is InChI=1S/C17H14ClFN2/c18-16-9-12(4-6-20)17(11-2-1-3-13(19)8-11)15-10-21-7-5-14(15)16/h1-3,5,7-10H,4,6,20H2. The summed E-state index contributed by atoms with van der Waals surface area (Å²) >= 11 is 6.35. The SMILES string of the molecule is NCCc1cc(Cl)c2ccncc2c1-c1cccc(F)c1. The lowest BCUT2D eigenvalue weighted by atomic mass is 9.92. The smallest absolute Gasteiger partial charge is 0.123 e. The monoisotopic (exact) mass is 300 g/mol. The lowest BCUT2D eigenvalue weighted by Gasteiger charge is -2.14. The summed E-state index contributed by atoms with van der Waals surface area (Å²) < 4.78 is 13.6. The molecule has 21 heavy (non-hydrogen) atoms. The average molecular weight is 301 g/mol. The molecule has 2 N–H and O–H groups in total. The molecule has 0 unspecified atom stereocenters. The van der Waals surface area contributed by atoms with Gasteiger partial charge in [0.05, 0.1) is 0 Å². The van der Waals surface area contributed by atoms with Crippen LogP contribution in [-0.2, 0) is 6.42 Å². The number of aromatic nitrogens is 1. The van der Waals surface area contributed by atoms with Crippen LogP contribution in [0.2, 0.25) is 5.02 Å². The van der Waals surface area contributed by atoms with Gasteiger partial charge >= 0.3 is 0 Å². The number of fused-ring (bicyclic) bond motifs is 1. The Morgan fingerprint density at radius 1 is 1.14 bits per heavy atom. The third kappa shape index (κ3) is 2.62. The predicted molar refractivity (Wildman–Crippen MR) is 84.9 cm³/mol. The molecule has 3 aromatic rings. The van der Waals surface area contributed by atoms with Crippen LogP contribution < -0.4 is 5.73 Å². The molecule has 3 rings (SSSR count). The van der Waals surface area contributed by atoms with Crippen molar-refractivity contribution in [3.05, 3.63) is 65.2 Å². The van der Waals surface area contributed by atoms with E-state index in [2.05, 4.69) is 4.98 Å². The van der Waals surface area contributed by atoms with Crippen LogP contribution in [0.3, 0.4) is 0 Å². The summed E-state index contributed by atoms with van der Waals surface area (Å²) in [4.78, 5) is 4.18. The van der Waals surface area contributed by atoms with Crippen molar-refractivity contribution in [1.82, 2.24) is 4.98 Å². The van der Waals surface area contributed by atoms with Gasteiger partial charge in [0.25, 0.3) is 0 Å². The van der Waals surface area contributed by atoms with Crippen molar-refractivity contribution in [3.63, 3.8) is 0 Å². The van der Waals surface area contributed by atoms with Crippen LogP contribution >= 0.6 is 11.6 Å². The Hall–Kier alpha value is -1.97. The summed E-state index contributed by atoms with van der Waals surface area (Å²) in [7, 11) is 0. The molecule has 0 spiro atoms. The van der Waals surface area contributed by atoms with Crippen molar-refractivity contribution in [2.45, 2.75) is 6.42 Å². The van der Waals surface area contributed by atoms with Crippen LogP contribution in [0.4, 0.5) is 4.39 Å². The fourth-order valence-electron chi connectivity index (χ4n) is 2.62. The molecular formula is C17H14ClFN2. The zero-order valence-corrected chi connectivity index (χ0v) is 12.1. The quantitative estimate of drug-likeness (QED) is 0.787. The van der Waals surface area contributed by atoms with Gasteiger partial charge in [-0.05, 0) is 53.9 Å². The van der Waals surface area contributed by atoms with Gasteiger partial charge in [-0.2, -0.15) is 0 Å². The highest BCUT2D eigenvalue weighted by atomic mass is 35.5. The summed E-state index contributed by atoms with van der Waals surface area (Å²) in [6.07, 6.45) is 4.14. The number of halogens is 2. The van der Waals surface area contributed by atoms with Crippen LogP contribution in [-0.4, -0.2) is 11.5 Å². The molecule has 1 aromatic heterocycles. The molecule has 0 aliphatic rings. The minimum Gasteiger partial charge on any atom is -0.330 e.